The molecule has 0 radical (unpaired) electrons. The Balaban J connectivity index is 1.40. The van der Waals surface area contributed by atoms with Crippen molar-refractivity contribution in [3.05, 3.63) is 60.3 Å². The Morgan fingerprint density at radius 2 is 2.00 bits per heavy atom. The highest BCUT2D eigenvalue weighted by molar-refractivity contribution is 5.94. The van der Waals surface area contributed by atoms with Gasteiger partial charge in [0.05, 0.1) is 25.5 Å². The van der Waals surface area contributed by atoms with Gasteiger partial charge in [-0.25, -0.2) is 15.0 Å². The lowest BCUT2D eigenvalue weighted by molar-refractivity contribution is -0.114. The minimum Gasteiger partial charge on any atom is -0.481 e. The predicted molar refractivity (Wildman–Crippen MR) is 125 cm³/mol. The van der Waals surface area contributed by atoms with Crippen molar-refractivity contribution in [2.45, 2.75) is 19.3 Å². The van der Waals surface area contributed by atoms with Crippen LogP contribution in [0.3, 0.4) is 0 Å². The van der Waals surface area contributed by atoms with Gasteiger partial charge in [0.25, 0.3) is 0 Å². The topological polar surface area (TPSA) is 106 Å². The number of hydrogen-bond donors (Lipinski definition) is 1. The Morgan fingerprint density at radius 1 is 1.09 bits per heavy atom. The molecule has 33 heavy (non-hydrogen) atoms. The molecule has 1 amide bonds. The van der Waals surface area contributed by atoms with E-state index in [1.807, 2.05) is 24.1 Å². The van der Waals surface area contributed by atoms with E-state index >= 15 is 0 Å². The molecule has 0 saturated carbocycles. The summed E-state index contributed by atoms with van der Waals surface area (Å²) in [5, 5.41) is 4.86. The third-order valence-electron chi connectivity index (χ3n) is 5.63. The second-order valence-electron chi connectivity index (χ2n) is 7.94. The summed E-state index contributed by atoms with van der Waals surface area (Å²) in [6, 6.07) is 7.38. The lowest BCUT2D eigenvalue weighted by Crippen LogP contribution is -2.31. The highest BCUT2D eigenvalue weighted by Gasteiger charge is 2.23. The van der Waals surface area contributed by atoms with Crippen molar-refractivity contribution in [3.63, 3.8) is 0 Å². The van der Waals surface area contributed by atoms with Crippen LogP contribution in [0.4, 0.5) is 11.5 Å². The summed E-state index contributed by atoms with van der Waals surface area (Å²) >= 11 is 0. The zero-order valence-electron chi connectivity index (χ0n) is 18.4. The fraction of sp³-hybridized carbons (Fsp3) is 0.250. The first-order valence-corrected chi connectivity index (χ1v) is 10.7. The average molecular weight is 441 g/mol. The Labute approximate surface area is 190 Å². The maximum absolute atomic E-state index is 12.7. The maximum atomic E-state index is 12.7. The van der Waals surface area contributed by atoms with Crippen molar-refractivity contribution in [2.24, 2.45) is 0 Å². The number of carbonyl (C=O) groups excluding carboxylic acids is 1. The van der Waals surface area contributed by atoms with Gasteiger partial charge in [-0.15, -0.1) is 0 Å². The first kappa shape index (κ1) is 20.7. The fourth-order valence-electron chi connectivity index (χ4n) is 4.01. The average Bonchev–Trinajstić information content (AvgIpc) is 3.32. The number of methoxy groups -OCH3 is 1. The van der Waals surface area contributed by atoms with E-state index in [1.165, 1.54) is 0 Å². The van der Waals surface area contributed by atoms with Crippen LogP contribution in [0, 0.1) is 0 Å². The molecule has 0 fully saturated rings. The number of carbonyl (C=O) groups is 1. The number of nitrogens with zero attached hydrogens (tertiary/aromatic N) is 6. The second-order valence-corrected chi connectivity index (χ2v) is 7.94. The lowest BCUT2D eigenvalue weighted by atomic mass is 10.2. The standard InChI is InChI=1S/C24H23N7O2/c1-31(14-21(32)28-17-6-7-22(33-2)27-13-17)24-18-4-3-5-19(18)29-23(30-24)20-10-15-8-9-25-11-16(15)12-26-20/h6-13H,3-5,14H2,1-2H3,(H,28,32). The zero-order chi connectivity index (χ0) is 22.8. The predicted octanol–water partition coefficient (Wildman–Crippen LogP) is 3.05. The molecule has 0 spiro atoms. The minimum absolute atomic E-state index is 0.145. The Kier molecular flexibility index (Phi) is 5.52. The molecule has 1 aliphatic carbocycles. The van der Waals surface area contributed by atoms with Crippen LogP contribution in [0.5, 0.6) is 5.88 Å². The number of rotatable bonds is 6. The van der Waals surface area contributed by atoms with E-state index in [2.05, 4.69) is 20.3 Å². The van der Waals surface area contributed by atoms with Gasteiger partial charge in [-0.05, 0) is 42.8 Å². The number of aryl methyl sites for hydroxylation is 1. The monoisotopic (exact) mass is 441 g/mol. The van der Waals surface area contributed by atoms with Gasteiger partial charge in [0, 0.05) is 48.3 Å². The summed E-state index contributed by atoms with van der Waals surface area (Å²) in [4.78, 5) is 37.0. The summed E-state index contributed by atoms with van der Waals surface area (Å²) in [6.45, 7) is 0.145. The number of likely N-dealkylation sites (N-methyl/N-ethyl adjacent to an activating group) is 1. The Bertz CT molecular complexity index is 1320. The molecule has 4 heterocycles. The second kappa shape index (κ2) is 8.78. The van der Waals surface area contributed by atoms with Gasteiger partial charge in [-0.2, -0.15) is 0 Å². The van der Waals surface area contributed by atoms with Gasteiger partial charge in [0.15, 0.2) is 5.82 Å². The molecule has 0 unspecified atom stereocenters. The van der Waals surface area contributed by atoms with Crippen molar-refractivity contribution in [3.8, 4) is 17.4 Å². The van der Waals surface area contributed by atoms with Gasteiger partial charge in [0.2, 0.25) is 11.8 Å². The molecule has 166 valence electrons. The summed E-state index contributed by atoms with van der Waals surface area (Å²) in [5.74, 6) is 1.67. The minimum atomic E-state index is -0.160. The van der Waals surface area contributed by atoms with E-state index in [1.54, 1.807) is 44.0 Å². The highest BCUT2D eigenvalue weighted by atomic mass is 16.5. The molecule has 1 aliphatic rings. The molecule has 0 aliphatic heterocycles. The molecule has 5 rings (SSSR count). The summed E-state index contributed by atoms with van der Waals surface area (Å²) < 4.78 is 5.06. The van der Waals surface area contributed by atoms with Crippen LogP contribution in [0.2, 0.25) is 0 Å². The molecule has 9 heteroatoms. The molecule has 0 saturated heterocycles. The zero-order valence-corrected chi connectivity index (χ0v) is 18.4. The van der Waals surface area contributed by atoms with Gasteiger partial charge < -0.3 is 15.0 Å². The summed E-state index contributed by atoms with van der Waals surface area (Å²) in [6.07, 6.45) is 9.71. The van der Waals surface area contributed by atoms with Gasteiger partial charge in [-0.3, -0.25) is 14.8 Å². The summed E-state index contributed by atoms with van der Waals surface area (Å²) in [5.41, 5.74) is 3.44. The SMILES string of the molecule is COc1ccc(NC(=O)CN(C)c2nc(-c3cc4ccncc4cn3)nc3c2CCC3)cn1. The van der Waals surface area contributed by atoms with Gasteiger partial charge in [-0.1, -0.05) is 0 Å². The van der Waals surface area contributed by atoms with Crippen LogP contribution in [-0.4, -0.2) is 51.5 Å². The van der Waals surface area contributed by atoms with Crippen LogP contribution >= 0.6 is 0 Å². The molecule has 0 aromatic carbocycles. The number of aromatic nitrogens is 5. The first-order chi connectivity index (χ1) is 16.1. The van der Waals surface area contributed by atoms with Crippen LogP contribution in [0.1, 0.15) is 17.7 Å². The highest BCUT2D eigenvalue weighted by Crippen LogP contribution is 2.31. The molecular weight excluding hydrogens is 418 g/mol. The van der Waals surface area contributed by atoms with E-state index in [-0.39, 0.29) is 12.5 Å². The number of anilines is 2. The van der Waals surface area contributed by atoms with Crippen molar-refractivity contribution < 1.29 is 9.53 Å². The molecule has 4 aromatic heterocycles. The molecule has 4 aromatic rings. The number of amides is 1. The van der Waals surface area contributed by atoms with Crippen molar-refractivity contribution in [1.82, 2.24) is 24.9 Å². The van der Waals surface area contributed by atoms with Crippen LogP contribution in [0.25, 0.3) is 22.3 Å². The van der Waals surface area contributed by atoms with Crippen LogP contribution < -0.4 is 15.0 Å². The molecule has 1 N–H and O–H groups in total. The van der Waals surface area contributed by atoms with Crippen LogP contribution in [-0.2, 0) is 17.6 Å². The van der Waals surface area contributed by atoms with Gasteiger partial charge in [0.1, 0.15) is 11.5 Å². The summed E-state index contributed by atoms with van der Waals surface area (Å²) in [7, 11) is 3.42. The van der Waals surface area contributed by atoms with Gasteiger partial charge >= 0.3 is 0 Å². The largest absolute Gasteiger partial charge is 0.481 e. The number of hydrogen-bond acceptors (Lipinski definition) is 8. The fourth-order valence-corrected chi connectivity index (χ4v) is 4.01. The quantitative estimate of drug-likeness (QED) is 0.487. The van der Waals surface area contributed by atoms with E-state index in [9.17, 15) is 4.79 Å². The lowest BCUT2D eigenvalue weighted by Gasteiger charge is -2.21. The van der Waals surface area contributed by atoms with E-state index < -0.39 is 0 Å². The van der Waals surface area contributed by atoms with E-state index in [0.29, 0.717) is 23.1 Å². The Hall–Kier alpha value is -4.14. The molecular formula is C24H23N7O2. The normalized spacial score (nSPS) is 12.4. The molecule has 0 atom stereocenters. The van der Waals surface area contributed by atoms with Crippen molar-refractivity contribution in [2.75, 3.05) is 30.9 Å². The van der Waals surface area contributed by atoms with Crippen molar-refractivity contribution >= 4 is 28.2 Å². The Morgan fingerprint density at radius 3 is 2.82 bits per heavy atom. The van der Waals surface area contributed by atoms with Crippen molar-refractivity contribution in [1.29, 1.82) is 0 Å². The number of ether oxygens (including phenoxy) is 1. The molecule has 9 nitrogen and oxygen atoms in total. The number of pyridine rings is 3. The van der Waals surface area contributed by atoms with Crippen LogP contribution in [0.15, 0.2) is 49.1 Å². The van der Waals surface area contributed by atoms with E-state index in [4.69, 9.17) is 14.7 Å². The number of nitrogens with one attached hydrogen (secondary N) is 1. The molecule has 0 bridgehead atoms. The number of fused-ring (bicyclic) bond motifs is 2. The third kappa shape index (κ3) is 4.30. The first-order valence-electron chi connectivity index (χ1n) is 10.7. The maximum Gasteiger partial charge on any atom is 0.243 e. The smallest absolute Gasteiger partial charge is 0.243 e. The third-order valence-corrected chi connectivity index (χ3v) is 5.63. The van der Waals surface area contributed by atoms with E-state index in [0.717, 1.165) is 47.1 Å².